The van der Waals surface area contributed by atoms with Gasteiger partial charge >= 0.3 is 0 Å². The highest BCUT2D eigenvalue weighted by Crippen LogP contribution is 2.29. The van der Waals surface area contributed by atoms with E-state index in [0.717, 1.165) is 15.6 Å². The van der Waals surface area contributed by atoms with Crippen LogP contribution < -0.4 is 10.1 Å². The first-order chi connectivity index (χ1) is 13.9. The molecule has 0 aliphatic rings. The fourth-order valence-electron chi connectivity index (χ4n) is 3.10. The Hall–Kier alpha value is -2.59. The molecule has 3 nitrogen and oxygen atoms in total. The van der Waals surface area contributed by atoms with E-state index in [0.29, 0.717) is 11.7 Å². The molecule has 0 aliphatic heterocycles. The van der Waals surface area contributed by atoms with Gasteiger partial charge in [0.15, 0.2) is 6.61 Å². The maximum Gasteiger partial charge on any atom is 0.258 e. The minimum atomic E-state index is -0.223. The van der Waals surface area contributed by atoms with Gasteiger partial charge in [-0.3, -0.25) is 4.79 Å². The summed E-state index contributed by atoms with van der Waals surface area (Å²) in [7, 11) is 0. The van der Waals surface area contributed by atoms with Gasteiger partial charge in [0.05, 0.1) is 10.5 Å². The average Bonchev–Trinajstić information content (AvgIpc) is 2.72. The van der Waals surface area contributed by atoms with Gasteiger partial charge in [-0.25, -0.2) is 0 Å². The Morgan fingerprint density at radius 2 is 1.55 bits per heavy atom. The molecule has 0 fully saturated rings. The molecule has 0 saturated carbocycles. The number of halogens is 1. The number of ether oxygens (including phenoxy) is 1. The summed E-state index contributed by atoms with van der Waals surface area (Å²) in [4.78, 5) is 12.7. The van der Waals surface area contributed by atoms with Gasteiger partial charge in [-0.2, -0.15) is 0 Å². The summed E-state index contributed by atoms with van der Waals surface area (Å²) >= 11 is 3.54. The quantitative estimate of drug-likeness (QED) is 0.466. The van der Waals surface area contributed by atoms with Crippen molar-refractivity contribution in [1.82, 2.24) is 5.32 Å². The number of hydrogen-bond donors (Lipinski definition) is 1. The first-order valence-electron chi connectivity index (χ1n) is 9.77. The lowest BCUT2D eigenvalue weighted by molar-refractivity contribution is -0.123. The van der Waals surface area contributed by atoms with Crippen molar-refractivity contribution in [1.29, 1.82) is 0 Å². The van der Waals surface area contributed by atoms with Crippen molar-refractivity contribution >= 4 is 21.8 Å². The zero-order chi connectivity index (χ0) is 20.8. The molecular weight excluding hydrogens is 426 g/mol. The maximum atomic E-state index is 12.7. The Morgan fingerprint density at radius 1 is 0.931 bits per heavy atom. The molecule has 0 unspecified atom stereocenters. The Morgan fingerprint density at radius 3 is 2.17 bits per heavy atom. The number of benzene rings is 3. The SMILES string of the molecule is Cc1ccc([C@H](NC(=O)COc2ccc(C(C)C)cc2Br)c2ccccc2)cc1. The third kappa shape index (κ3) is 5.70. The van der Waals surface area contributed by atoms with E-state index in [9.17, 15) is 4.79 Å². The van der Waals surface area contributed by atoms with Crippen molar-refractivity contribution in [3.8, 4) is 5.75 Å². The van der Waals surface area contributed by atoms with Crippen LogP contribution in [-0.2, 0) is 4.79 Å². The van der Waals surface area contributed by atoms with Gasteiger partial charge in [0, 0.05) is 0 Å². The first kappa shape index (κ1) is 21.1. The third-order valence-corrected chi connectivity index (χ3v) is 5.45. The fourth-order valence-corrected chi connectivity index (χ4v) is 3.61. The molecule has 0 aliphatic carbocycles. The van der Waals surface area contributed by atoms with Gasteiger partial charge in [0.2, 0.25) is 0 Å². The second kappa shape index (κ2) is 9.75. The van der Waals surface area contributed by atoms with Crippen LogP contribution >= 0.6 is 15.9 Å². The second-order valence-electron chi connectivity index (χ2n) is 7.46. The molecule has 29 heavy (non-hydrogen) atoms. The molecule has 4 heteroatoms. The molecular formula is C25H26BrNO2. The average molecular weight is 452 g/mol. The van der Waals surface area contributed by atoms with Gasteiger partial charge in [-0.05, 0) is 57.6 Å². The van der Waals surface area contributed by atoms with Crippen molar-refractivity contribution in [2.24, 2.45) is 0 Å². The number of rotatable bonds is 7. The largest absolute Gasteiger partial charge is 0.483 e. The van der Waals surface area contributed by atoms with Crippen LogP contribution in [0, 0.1) is 6.92 Å². The number of aryl methyl sites for hydroxylation is 1. The monoisotopic (exact) mass is 451 g/mol. The fraction of sp³-hybridized carbons (Fsp3) is 0.240. The summed E-state index contributed by atoms with van der Waals surface area (Å²) in [6.45, 7) is 6.29. The van der Waals surface area contributed by atoms with Crippen LogP contribution in [0.15, 0.2) is 77.3 Å². The van der Waals surface area contributed by atoms with Crippen LogP contribution in [-0.4, -0.2) is 12.5 Å². The maximum absolute atomic E-state index is 12.7. The highest BCUT2D eigenvalue weighted by molar-refractivity contribution is 9.10. The molecule has 0 radical (unpaired) electrons. The lowest BCUT2D eigenvalue weighted by Crippen LogP contribution is -2.33. The number of hydrogen-bond acceptors (Lipinski definition) is 2. The van der Waals surface area contributed by atoms with E-state index in [-0.39, 0.29) is 18.6 Å². The molecule has 3 aromatic carbocycles. The summed E-state index contributed by atoms with van der Waals surface area (Å²) in [6.07, 6.45) is 0. The van der Waals surface area contributed by atoms with Crippen molar-refractivity contribution < 1.29 is 9.53 Å². The minimum absolute atomic E-state index is 0.0468. The van der Waals surface area contributed by atoms with Gasteiger partial charge in [0.25, 0.3) is 5.91 Å². The number of carbonyl (C=O) groups excluding carboxylic acids is 1. The van der Waals surface area contributed by atoms with Gasteiger partial charge in [-0.1, -0.05) is 80.1 Å². The van der Waals surface area contributed by atoms with Crippen molar-refractivity contribution in [2.45, 2.75) is 32.7 Å². The van der Waals surface area contributed by atoms with Crippen LogP contribution in [0.2, 0.25) is 0 Å². The van der Waals surface area contributed by atoms with Gasteiger partial charge in [-0.15, -0.1) is 0 Å². The van der Waals surface area contributed by atoms with Crippen LogP contribution in [0.1, 0.15) is 48.1 Å². The van der Waals surface area contributed by atoms with Crippen molar-refractivity contribution in [3.63, 3.8) is 0 Å². The third-order valence-electron chi connectivity index (χ3n) is 4.83. The smallest absolute Gasteiger partial charge is 0.258 e. The Balaban J connectivity index is 1.71. The van der Waals surface area contributed by atoms with E-state index >= 15 is 0 Å². The molecule has 1 atom stereocenters. The minimum Gasteiger partial charge on any atom is -0.483 e. The van der Waals surface area contributed by atoms with Crippen LogP contribution in [0.4, 0.5) is 0 Å². The Bertz CT molecular complexity index is 952. The molecule has 3 aromatic rings. The van der Waals surface area contributed by atoms with Crippen molar-refractivity contribution in [2.75, 3.05) is 6.61 Å². The predicted octanol–water partition coefficient (Wildman–Crippen LogP) is 6.17. The van der Waals surface area contributed by atoms with E-state index in [1.807, 2.05) is 48.5 Å². The van der Waals surface area contributed by atoms with Gasteiger partial charge < -0.3 is 10.1 Å². The van der Waals surface area contributed by atoms with E-state index in [2.05, 4.69) is 66.3 Å². The lowest BCUT2D eigenvalue weighted by atomic mass is 9.98. The molecule has 1 N–H and O–H groups in total. The summed E-state index contributed by atoms with van der Waals surface area (Å²) < 4.78 is 6.62. The van der Waals surface area contributed by atoms with E-state index < -0.39 is 0 Å². The molecule has 1 amide bonds. The van der Waals surface area contributed by atoms with Crippen LogP contribution in [0.25, 0.3) is 0 Å². The van der Waals surface area contributed by atoms with Crippen LogP contribution in [0.5, 0.6) is 5.75 Å². The lowest BCUT2D eigenvalue weighted by Gasteiger charge is -2.20. The summed E-state index contributed by atoms with van der Waals surface area (Å²) in [5.74, 6) is 0.931. The first-order valence-corrected chi connectivity index (χ1v) is 10.6. The summed E-state index contributed by atoms with van der Waals surface area (Å²) in [6, 6.07) is 23.9. The zero-order valence-electron chi connectivity index (χ0n) is 17.0. The Labute approximate surface area is 181 Å². The normalized spacial score (nSPS) is 11.9. The highest BCUT2D eigenvalue weighted by atomic mass is 79.9. The molecule has 150 valence electrons. The van der Waals surface area contributed by atoms with E-state index in [1.54, 1.807) is 0 Å². The second-order valence-corrected chi connectivity index (χ2v) is 8.31. The van der Waals surface area contributed by atoms with E-state index in [1.165, 1.54) is 11.1 Å². The highest BCUT2D eigenvalue weighted by Gasteiger charge is 2.17. The summed E-state index contributed by atoms with van der Waals surface area (Å²) in [5.41, 5.74) is 4.48. The topological polar surface area (TPSA) is 38.3 Å². The molecule has 0 spiro atoms. The molecule has 0 heterocycles. The molecule has 0 bridgehead atoms. The molecule has 3 rings (SSSR count). The number of nitrogens with one attached hydrogen (secondary N) is 1. The zero-order valence-corrected chi connectivity index (χ0v) is 18.6. The standard InChI is InChI=1S/C25H26BrNO2/c1-17(2)21-13-14-23(22(26)15-21)29-16-24(28)27-25(19-7-5-4-6-8-19)20-11-9-18(3)10-12-20/h4-15,17,25H,16H2,1-3H3,(H,27,28)/t25-/m1/s1. The van der Waals surface area contributed by atoms with Gasteiger partial charge in [0.1, 0.15) is 5.75 Å². The summed E-state index contributed by atoms with van der Waals surface area (Å²) in [5, 5.41) is 3.11. The van der Waals surface area contributed by atoms with E-state index in [4.69, 9.17) is 4.74 Å². The van der Waals surface area contributed by atoms with Crippen LogP contribution in [0.3, 0.4) is 0 Å². The Kier molecular flexibility index (Phi) is 7.10. The molecule has 0 saturated heterocycles. The molecule has 0 aromatic heterocycles. The predicted molar refractivity (Wildman–Crippen MR) is 121 cm³/mol. The number of carbonyl (C=O) groups is 1. The van der Waals surface area contributed by atoms with Crippen molar-refractivity contribution in [3.05, 3.63) is 99.5 Å². The number of amides is 1.